The van der Waals surface area contributed by atoms with E-state index in [2.05, 4.69) is 16.5 Å². The van der Waals surface area contributed by atoms with E-state index < -0.39 is 15.8 Å². The summed E-state index contributed by atoms with van der Waals surface area (Å²) < 4.78 is 41.9. The van der Waals surface area contributed by atoms with E-state index in [-0.39, 0.29) is 15.8 Å². The van der Waals surface area contributed by atoms with Gasteiger partial charge in [0.25, 0.3) is 0 Å². The summed E-state index contributed by atoms with van der Waals surface area (Å²) in [5.41, 5.74) is 1.08. The molecule has 0 unspecified atom stereocenters. The minimum absolute atomic E-state index is 0.0143. The van der Waals surface area contributed by atoms with Gasteiger partial charge in [0.1, 0.15) is 11.6 Å². The molecule has 0 saturated carbocycles. The van der Waals surface area contributed by atoms with E-state index in [1.165, 1.54) is 10.4 Å². The molecule has 2 heterocycles. The summed E-state index contributed by atoms with van der Waals surface area (Å²) in [7, 11) is -3.66. The SMILES string of the molecule is CCCn1c(C)cnc1C1CN(S(=O)(=O)c2ccc(F)c(Cl)c2)C1. The van der Waals surface area contributed by atoms with Gasteiger partial charge >= 0.3 is 0 Å². The Bertz CT molecular complexity index is 860. The second kappa shape index (κ2) is 6.46. The third kappa shape index (κ3) is 2.96. The molecule has 2 aromatic rings. The largest absolute Gasteiger partial charge is 0.332 e. The zero-order valence-electron chi connectivity index (χ0n) is 13.5. The quantitative estimate of drug-likeness (QED) is 0.811. The van der Waals surface area contributed by atoms with Gasteiger partial charge in [-0.3, -0.25) is 0 Å². The summed E-state index contributed by atoms with van der Waals surface area (Å²) in [5.74, 6) is 0.378. The van der Waals surface area contributed by atoms with Crippen molar-refractivity contribution in [3.63, 3.8) is 0 Å². The van der Waals surface area contributed by atoms with E-state index in [0.29, 0.717) is 13.1 Å². The number of halogens is 2. The molecular weight excluding hydrogens is 353 g/mol. The van der Waals surface area contributed by atoms with E-state index in [1.807, 2.05) is 13.1 Å². The lowest BCUT2D eigenvalue weighted by atomic mass is 10.0. The fourth-order valence-corrected chi connectivity index (χ4v) is 4.71. The molecule has 0 atom stereocenters. The molecular formula is C16H19ClFN3O2S. The van der Waals surface area contributed by atoms with Crippen molar-refractivity contribution in [3.05, 3.63) is 46.8 Å². The molecule has 1 saturated heterocycles. The first-order valence-electron chi connectivity index (χ1n) is 7.81. The summed E-state index contributed by atoms with van der Waals surface area (Å²) in [6.45, 7) is 5.71. The van der Waals surface area contributed by atoms with Gasteiger partial charge < -0.3 is 4.57 Å². The summed E-state index contributed by atoms with van der Waals surface area (Å²) in [6.07, 6.45) is 2.81. The number of hydrogen-bond acceptors (Lipinski definition) is 3. The summed E-state index contributed by atoms with van der Waals surface area (Å²) >= 11 is 5.70. The molecule has 3 rings (SSSR count). The molecule has 1 fully saturated rings. The second-order valence-corrected chi connectivity index (χ2v) is 8.35. The van der Waals surface area contributed by atoms with Gasteiger partial charge in [-0.1, -0.05) is 18.5 Å². The Morgan fingerprint density at radius 2 is 2.08 bits per heavy atom. The second-order valence-electron chi connectivity index (χ2n) is 6.00. The van der Waals surface area contributed by atoms with Gasteiger partial charge in [0.15, 0.2) is 0 Å². The zero-order chi connectivity index (χ0) is 17.5. The number of imidazole rings is 1. The van der Waals surface area contributed by atoms with Crippen LogP contribution in [0.1, 0.15) is 30.8 Å². The molecule has 0 bridgehead atoms. The van der Waals surface area contributed by atoms with Crippen LogP contribution in [0.3, 0.4) is 0 Å². The van der Waals surface area contributed by atoms with E-state index in [4.69, 9.17) is 11.6 Å². The average molecular weight is 372 g/mol. The maximum atomic E-state index is 13.2. The molecule has 0 radical (unpaired) electrons. The molecule has 1 aliphatic rings. The van der Waals surface area contributed by atoms with Gasteiger partial charge in [0.2, 0.25) is 10.0 Å². The average Bonchev–Trinajstić information content (AvgIpc) is 2.82. The third-order valence-electron chi connectivity index (χ3n) is 4.28. The molecule has 1 aromatic carbocycles. The van der Waals surface area contributed by atoms with E-state index in [9.17, 15) is 12.8 Å². The Morgan fingerprint density at radius 1 is 1.38 bits per heavy atom. The van der Waals surface area contributed by atoms with Crippen molar-refractivity contribution in [1.29, 1.82) is 0 Å². The first kappa shape index (κ1) is 17.4. The maximum absolute atomic E-state index is 13.2. The van der Waals surface area contributed by atoms with Crippen molar-refractivity contribution in [2.45, 2.75) is 37.6 Å². The Balaban J connectivity index is 1.77. The molecule has 24 heavy (non-hydrogen) atoms. The summed E-state index contributed by atoms with van der Waals surface area (Å²) in [4.78, 5) is 4.46. The molecule has 130 valence electrons. The highest BCUT2D eigenvalue weighted by molar-refractivity contribution is 7.89. The summed E-state index contributed by atoms with van der Waals surface area (Å²) in [6, 6.07) is 3.47. The van der Waals surface area contributed by atoms with Gasteiger partial charge in [-0.25, -0.2) is 17.8 Å². The number of rotatable bonds is 5. The lowest BCUT2D eigenvalue weighted by Crippen LogP contribution is -2.49. The Hall–Kier alpha value is -1.44. The topological polar surface area (TPSA) is 55.2 Å². The van der Waals surface area contributed by atoms with Crippen LogP contribution in [0.5, 0.6) is 0 Å². The van der Waals surface area contributed by atoms with E-state index in [1.54, 1.807) is 0 Å². The van der Waals surface area contributed by atoms with Crippen LogP contribution in [0, 0.1) is 12.7 Å². The van der Waals surface area contributed by atoms with Gasteiger partial charge in [0.05, 0.1) is 9.92 Å². The highest BCUT2D eigenvalue weighted by Crippen LogP contribution is 2.32. The Kier molecular flexibility index (Phi) is 4.68. The molecule has 8 heteroatoms. The monoisotopic (exact) mass is 371 g/mol. The number of aryl methyl sites for hydroxylation is 1. The predicted molar refractivity (Wildman–Crippen MR) is 90.2 cm³/mol. The van der Waals surface area contributed by atoms with Gasteiger partial charge in [-0.05, 0) is 31.5 Å². The molecule has 0 N–H and O–H groups in total. The number of aromatic nitrogens is 2. The van der Waals surface area contributed by atoms with Crippen LogP contribution in [0.15, 0.2) is 29.3 Å². The predicted octanol–water partition coefficient (Wildman–Crippen LogP) is 3.18. The fourth-order valence-electron chi connectivity index (χ4n) is 2.90. The summed E-state index contributed by atoms with van der Waals surface area (Å²) in [5, 5.41) is -0.192. The molecule has 1 aromatic heterocycles. The van der Waals surface area contributed by atoms with Gasteiger partial charge in [-0.2, -0.15) is 4.31 Å². The number of sulfonamides is 1. The molecule has 5 nitrogen and oxygen atoms in total. The normalized spacial score (nSPS) is 16.3. The van der Waals surface area contributed by atoms with Crippen LogP contribution >= 0.6 is 11.6 Å². The fraction of sp³-hybridized carbons (Fsp3) is 0.438. The standard InChI is InChI=1S/C16H19ClFN3O2S/c1-3-6-21-11(2)8-19-16(21)12-9-20(10-12)24(22,23)13-4-5-15(18)14(17)7-13/h4-5,7-8,12H,3,6,9-10H2,1-2H3. The minimum Gasteiger partial charge on any atom is -0.332 e. The van der Waals surface area contributed by atoms with Crippen LogP contribution in [0.25, 0.3) is 0 Å². The van der Waals surface area contributed by atoms with Crippen LogP contribution in [-0.4, -0.2) is 35.4 Å². The molecule has 1 aliphatic heterocycles. The number of nitrogens with zero attached hydrogens (tertiary/aromatic N) is 3. The zero-order valence-corrected chi connectivity index (χ0v) is 15.1. The van der Waals surface area contributed by atoms with Crippen molar-refractivity contribution in [2.75, 3.05) is 13.1 Å². The first-order valence-corrected chi connectivity index (χ1v) is 9.63. The van der Waals surface area contributed by atoms with Crippen molar-refractivity contribution in [3.8, 4) is 0 Å². The van der Waals surface area contributed by atoms with Crippen LogP contribution in [0.4, 0.5) is 4.39 Å². The third-order valence-corrected chi connectivity index (χ3v) is 6.39. The molecule has 0 spiro atoms. The Labute approximate surface area is 146 Å². The number of benzene rings is 1. The first-order chi connectivity index (χ1) is 11.3. The number of hydrogen-bond donors (Lipinski definition) is 0. The van der Waals surface area contributed by atoms with E-state index in [0.717, 1.165) is 36.6 Å². The highest BCUT2D eigenvalue weighted by Gasteiger charge is 2.39. The molecule has 0 aliphatic carbocycles. The van der Waals surface area contributed by atoms with Crippen molar-refractivity contribution < 1.29 is 12.8 Å². The van der Waals surface area contributed by atoms with Gasteiger partial charge in [-0.15, -0.1) is 0 Å². The van der Waals surface area contributed by atoms with Crippen LogP contribution in [0.2, 0.25) is 5.02 Å². The smallest absolute Gasteiger partial charge is 0.243 e. The minimum atomic E-state index is -3.66. The molecule has 0 amide bonds. The van der Waals surface area contributed by atoms with Crippen LogP contribution in [-0.2, 0) is 16.6 Å². The lowest BCUT2D eigenvalue weighted by molar-refractivity contribution is 0.250. The van der Waals surface area contributed by atoms with Crippen molar-refractivity contribution in [1.82, 2.24) is 13.9 Å². The van der Waals surface area contributed by atoms with E-state index >= 15 is 0 Å². The Morgan fingerprint density at radius 3 is 2.71 bits per heavy atom. The lowest BCUT2D eigenvalue weighted by Gasteiger charge is -2.37. The van der Waals surface area contributed by atoms with Crippen LogP contribution < -0.4 is 0 Å². The highest BCUT2D eigenvalue weighted by atomic mass is 35.5. The van der Waals surface area contributed by atoms with Gasteiger partial charge in [0, 0.05) is 37.4 Å². The van der Waals surface area contributed by atoms with Crippen molar-refractivity contribution >= 4 is 21.6 Å². The van der Waals surface area contributed by atoms with Crippen molar-refractivity contribution in [2.24, 2.45) is 0 Å². The maximum Gasteiger partial charge on any atom is 0.243 e.